The second kappa shape index (κ2) is 6.04. The minimum atomic E-state index is -0.503. The molecule has 0 atom stereocenters. The molecule has 0 saturated carbocycles. The molecule has 3 aromatic rings. The van der Waals surface area contributed by atoms with Crippen molar-refractivity contribution in [2.75, 3.05) is 7.11 Å². The molecular weight excluding hydrogens is 312 g/mol. The first-order chi connectivity index (χ1) is 11.5. The van der Waals surface area contributed by atoms with Gasteiger partial charge in [0.1, 0.15) is 18.7 Å². The highest BCUT2D eigenvalue weighted by Gasteiger charge is 2.21. The van der Waals surface area contributed by atoms with E-state index in [1.807, 2.05) is 0 Å². The van der Waals surface area contributed by atoms with Gasteiger partial charge in [-0.2, -0.15) is 4.57 Å². The molecule has 2 aromatic carbocycles. The number of hydrogen-bond acceptors (Lipinski definition) is 5. The minimum absolute atomic E-state index is 0.0345. The molecular formula is C17H14N2O5. The highest BCUT2D eigenvalue weighted by molar-refractivity contribution is 5.64. The Bertz CT molecular complexity index is 883. The van der Waals surface area contributed by atoms with E-state index in [-0.39, 0.29) is 5.69 Å². The van der Waals surface area contributed by atoms with E-state index in [9.17, 15) is 15.2 Å². The summed E-state index contributed by atoms with van der Waals surface area (Å²) < 4.78 is 12.1. The SMILES string of the molecule is COc1ccc(-c2oc([O-])c(-c3ccc([N+](=O)[O-])cc3)[n+]2C)cc1. The van der Waals surface area contributed by atoms with Gasteiger partial charge in [-0.25, -0.2) is 0 Å². The monoisotopic (exact) mass is 326 g/mol. The number of nitro groups is 1. The maximum absolute atomic E-state index is 12.2. The van der Waals surface area contributed by atoms with Crippen LogP contribution in [0.5, 0.6) is 11.7 Å². The minimum Gasteiger partial charge on any atom is -0.540 e. The Hall–Kier alpha value is -3.35. The zero-order valence-corrected chi connectivity index (χ0v) is 13.1. The van der Waals surface area contributed by atoms with Crippen molar-refractivity contribution in [1.82, 2.24) is 0 Å². The summed E-state index contributed by atoms with van der Waals surface area (Å²) in [5, 5.41) is 23.0. The van der Waals surface area contributed by atoms with Crippen LogP contribution < -0.4 is 14.4 Å². The Morgan fingerprint density at radius 2 is 1.62 bits per heavy atom. The number of aromatic nitrogens is 1. The third-order valence-electron chi connectivity index (χ3n) is 3.71. The first-order valence-electron chi connectivity index (χ1n) is 7.10. The van der Waals surface area contributed by atoms with Crippen molar-refractivity contribution >= 4 is 5.69 Å². The van der Waals surface area contributed by atoms with Gasteiger partial charge in [0.25, 0.3) is 11.6 Å². The summed E-state index contributed by atoms with van der Waals surface area (Å²) in [5.74, 6) is 0.596. The predicted octanol–water partition coefficient (Wildman–Crippen LogP) is 2.43. The molecule has 0 saturated heterocycles. The van der Waals surface area contributed by atoms with E-state index in [4.69, 9.17) is 9.15 Å². The van der Waals surface area contributed by atoms with Crippen molar-refractivity contribution in [3.05, 3.63) is 58.6 Å². The van der Waals surface area contributed by atoms with Crippen LogP contribution >= 0.6 is 0 Å². The lowest BCUT2D eigenvalue weighted by Gasteiger charge is -2.01. The molecule has 0 aliphatic carbocycles. The first-order valence-corrected chi connectivity index (χ1v) is 7.10. The van der Waals surface area contributed by atoms with Crippen molar-refractivity contribution in [3.8, 4) is 34.4 Å². The lowest BCUT2D eigenvalue weighted by Crippen LogP contribution is -2.31. The average molecular weight is 326 g/mol. The van der Waals surface area contributed by atoms with Gasteiger partial charge in [0.15, 0.2) is 0 Å². The molecule has 0 aliphatic rings. The van der Waals surface area contributed by atoms with Gasteiger partial charge in [-0.15, -0.1) is 0 Å². The molecule has 0 radical (unpaired) electrons. The van der Waals surface area contributed by atoms with Crippen LogP contribution in [0.25, 0.3) is 22.7 Å². The van der Waals surface area contributed by atoms with Crippen molar-refractivity contribution in [2.45, 2.75) is 0 Å². The Labute approximate surface area is 137 Å². The average Bonchev–Trinajstić information content (AvgIpc) is 2.89. The van der Waals surface area contributed by atoms with Gasteiger partial charge in [-0.05, 0) is 36.4 Å². The van der Waals surface area contributed by atoms with Gasteiger partial charge in [0.2, 0.25) is 5.69 Å². The molecule has 0 aliphatic heterocycles. The summed E-state index contributed by atoms with van der Waals surface area (Å²) in [4.78, 5) is 10.2. The summed E-state index contributed by atoms with van der Waals surface area (Å²) in [6.45, 7) is 0. The normalized spacial score (nSPS) is 10.6. The standard InChI is InChI=1S/C17H14N2O5/c1-18-15(11-3-7-13(8-4-11)19(21)22)17(20)24-16(18)12-5-9-14(23-2)10-6-12/h3-10H,1-2H3. The smallest absolute Gasteiger partial charge is 0.269 e. The Morgan fingerprint density at radius 3 is 2.17 bits per heavy atom. The van der Waals surface area contributed by atoms with Crippen LogP contribution in [0.2, 0.25) is 0 Å². The molecule has 1 heterocycles. The molecule has 122 valence electrons. The predicted molar refractivity (Wildman–Crippen MR) is 83.4 cm³/mol. The molecule has 7 nitrogen and oxygen atoms in total. The van der Waals surface area contributed by atoms with Crippen molar-refractivity contribution in [2.24, 2.45) is 7.05 Å². The molecule has 0 amide bonds. The number of oxazole rings is 1. The van der Waals surface area contributed by atoms with E-state index in [2.05, 4.69) is 0 Å². The first kappa shape index (κ1) is 15.5. The number of non-ortho nitro benzene ring substituents is 1. The van der Waals surface area contributed by atoms with Gasteiger partial charge in [-0.1, -0.05) is 0 Å². The maximum Gasteiger partial charge on any atom is 0.269 e. The lowest BCUT2D eigenvalue weighted by atomic mass is 10.1. The van der Waals surface area contributed by atoms with Crippen LogP contribution in [-0.2, 0) is 7.05 Å². The topological polar surface area (TPSA) is 92.4 Å². The number of nitro benzene ring substituents is 1. The third kappa shape index (κ3) is 2.67. The van der Waals surface area contributed by atoms with Gasteiger partial charge >= 0.3 is 0 Å². The van der Waals surface area contributed by atoms with Crippen LogP contribution in [-0.4, -0.2) is 12.0 Å². The van der Waals surface area contributed by atoms with Gasteiger partial charge in [-0.3, -0.25) is 10.1 Å². The molecule has 0 N–H and O–H groups in total. The fourth-order valence-electron chi connectivity index (χ4n) is 2.48. The van der Waals surface area contributed by atoms with Crippen molar-refractivity contribution < 1.29 is 23.8 Å². The fourth-order valence-corrected chi connectivity index (χ4v) is 2.48. The highest BCUT2D eigenvalue weighted by Crippen LogP contribution is 2.31. The Balaban J connectivity index is 2.04. The zero-order chi connectivity index (χ0) is 17.3. The number of benzene rings is 2. The molecule has 7 heteroatoms. The van der Waals surface area contributed by atoms with E-state index < -0.39 is 10.9 Å². The van der Waals surface area contributed by atoms with Crippen LogP contribution in [0.4, 0.5) is 5.69 Å². The molecule has 0 unspecified atom stereocenters. The number of nitrogens with zero attached hydrogens (tertiary/aromatic N) is 2. The number of ether oxygens (including phenoxy) is 1. The number of hydrogen-bond donors (Lipinski definition) is 0. The van der Waals surface area contributed by atoms with Crippen molar-refractivity contribution in [3.63, 3.8) is 0 Å². The quantitative estimate of drug-likeness (QED) is 0.417. The van der Waals surface area contributed by atoms with E-state index in [1.165, 1.54) is 24.3 Å². The van der Waals surface area contributed by atoms with Crippen LogP contribution in [0.1, 0.15) is 0 Å². The summed E-state index contributed by atoms with van der Waals surface area (Å²) in [6.07, 6.45) is 0. The van der Waals surface area contributed by atoms with Gasteiger partial charge < -0.3 is 14.3 Å². The molecule has 3 rings (SSSR count). The van der Waals surface area contributed by atoms with Crippen LogP contribution in [0.15, 0.2) is 52.9 Å². The molecule has 1 aromatic heterocycles. The maximum atomic E-state index is 12.2. The van der Waals surface area contributed by atoms with Crippen LogP contribution in [0.3, 0.4) is 0 Å². The van der Waals surface area contributed by atoms with E-state index in [1.54, 1.807) is 43.0 Å². The third-order valence-corrected chi connectivity index (χ3v) is 3.71. The van der Waals surface area contributed by atoms with E-state index >= 15 is 0 Å². The Kier molecular flexibility index (Phi) is 3.91. The summed E-state index contributed by atoms with van der Waals surface area (Å²) in [6, 6.07) is 12.9. The van der Waals surface area contributed by atoms with Gasteiger partial charge in [0, 0.05) is 17.7 Å². The van der Waals surface area contributed by atoms with E-state index in [0.717, 1.165) is 5.56 Å². The molecule has 0 bridgehead atoms. The van der Waals surface area contributed by atoms with Gasteiger partial charge in [0.05, 0.1) is 17.6 Å². The summed E-state index contributed by atoms with van der Waals surface area (Å²) >= 11 is 0. The largest absolute Gasteiger partial charge is 0.540 e. The van der Waals surface area contributed by atoms with Crippen molar-refractivity contribution in [1.29, 1.82) is 0 Å². The zero-order valence-electron chi connectivity index (χ0n) is 13.1. The summed E-state index contributed by atoms with van der Waals surface area (Å²) in [7, 11) is 3.28. The van der Waals surface area contributed by atoms with Crippen LogP contribution in [0, 0.1) is 10.1 Å². The number of rotatable bonds is 4. The molecule has 0 fully saturated rings. The van der Waals surface area contributed by atoms with E-state index in [0.29, 0.717) is 22.9 Å². The lowest BCUT2D eigenvalue weighted by molar-refractivity contribution is -0.652. The molecule has 24 heavy (non-hydrogen) atoms. The second-order valence-electron chi connectivity index (χ2n) is 5.13. The summed E-state index contributed by atoms with van der Waals surface area (Å²) in [5.41, 5.74) is 1.57. The second-order valence-corrected chi connectivity index (χ2v) is 5.13. The number of methoxy groups -OCH3 is 1. The Morgan fingerprint density at radius 1 is 1.04 bits per heavy atom. The highest BCUT2D eigenvalue weighted by atomic mass is 16.6. The molecule has 0 spiro atoms. The fraction of sp³-hybridized carbons (Fsp3) is 0.118.